The van der Waals surface area contributed by atoms with Gasteiger partial charge in [0.15, 0.2) is 0 Å². The number of hydrogen-bond donors (Lipinski definition) is 1. The molecule has 0 bridgehead atoms. The number of nitrogens with zero attached hydrogens (tertiary/aromatic N) is 1. The maximum atomic E-state index is 10.1. The van der Waals surface area contributed by atoms with Crippen LogP contribution in [0.5, 0.6) is 0 Å². The molecule has 0 unspecified atom stereocenters. The summed E-state index contributed by atoms with van der Waals surface area (Å²) < 4.78 is 0. The summed E-state index contributed by atoms with van der Waals surface area (Å²) in [5.74, 6) is -0.809. The molecule has 0 fully saturated rings. The Bertz CT molecular complexity index is 154. The monoisotopic (exact) mass is 159 g/mol. The maximum absolute atomic E-state index is 10.1. The molecule has 11 heavy (non-hydrogen) atoms. The van der Waals surface area contributed by atoms with Gasteiger partial charge >= 0.3 is 5.97 Å². The molecule has 0 heterocycles. The van der Waals surface area contributed by atoms with E-state index in [0.29, 0.717) is 18.7 Å². The van der Waals surface area contributed by atoms with E-state index in [4.69, 9.17) is 9.94 Å². The van der Waals surface area contributed by atoms with Crippen molar-refractivity contribution >= 4 is 11.7 Å². The van der Waals surface area contributed by atoms with E-state index in [1.807, 2.05) is 6.92 Å². The van der Waals surface area contributed by atoms with Gasteiger partial charge in [-0.2, -0.15) is 0 Å². The largest absolute Gasteiger partial charge is 0.481 e. The topological polar surface area (TPSA) is 58.9 Å². The Morgan fingerprint density at radius 1 is 1.55 bits per heavy atom. The maximum Gasteiger partial charge on any atom is 0.303 e. The highest BCUT2D eigenvalue weighted by Crippen LogP contribution is 1.93. The molecule has 0 spiro atoms. The molecule has 0 aliphatic rings. The summed E-state index contributed by atoms with van der Waals surface area (Å²) in [6.07, 6.45) is 0.567. The predicted octanol–water partition coefficient (Wildman–Crippen LogP) is 1.26. The molecule has 0 saturated heterocycles. The second-order valence-corrected chi connectivity index (χ2v) is 2.14. The van der Waals surface area contributed by atoms with Crippen LogP contribution in [-0.4, -0.2) is 23.4 Å². The molecule has 0 radical (unpaired) electrons. The Labute approximate surface area is 65.8 Å². The molecule has 0 aliphatic heterocycles. The summed E-state index contributed by atoms with van der Waals surface area (Å²) in [6.45, 7) is 4.09. The van der Waals surface area contributed by atoms with E-state index in [1.54, 1.807) is 6.92 Å². The first-order chi connectivity index (χ1) is 5.16. The minimum absolute atomic E-state index is 0.113. The zero-order valence-corrected chi connectivity index (χ0v) is 6.83. The normalized spacial score (nSPS) is 11.3. The number of aliphatic carboxylic acids is 1. The van der Waals surface area contributed by atoms with E-state index in [0.717, 1.165) is 0 Å². The number of oxime groups is 1. The number of rotatable bonds is 5. The van der Waals surface area contributed by atoms with E-state index in [9.17, 15) is 4.79 Å². The predicted molar refractivity (Wildman–Crippen MR) is 41.6 cm³/mol. The zero-order valence-electron chi connectivity index (χ0n) is 6.83. The first-order valence-electron chi connectivity index (χ1n) is 3.54. The van der Waals surface area contributed by atoms with Crippen LogP contribution in [0.25, 0.3) is 0 Å². The molecule has 0 amide bonds. The first-order valence-corrected chi connectivity index (χ1v) is 3.54. The third kappa shape index (κ3) is 6.83. The van der Waals surface area contributed by atoms with E-state index in [2.05, 4.69) is 5.16 Å². The molecule has 0 aromatic heterocycles. The van der Waals surface area contributed by atoms with Crippen molar-refractivity contribution in [3.63, 3.8) is 0 Å². The summed E-state index contributed by atoms with van der Waals surface area (Å²) in [5, 5.41) is 12.0. The van der Waals surface area contributed by atoms with Gasteiger partial charge in [-0.05, 0) is 20.3 Å². The van der Waals surface area contributed by atoms with Crippen molar-refractivity contribution in [3.8, 4) is 0 Å². The quantitative estimate of drug-likeness (QED) is 0.485. The summed E-state index contributed by atoms with van der Waals surface area (Å²) in [7, 11) is 0. The summed E-state index contributed by atoms with van der Waals surface area (Å²) in [5.41, 5.74) is 0.717. The molecule has 0 saturated carbocycles. The fraction of sp³-hybridized carbons (Fsp3) is 0.714. The Morgan fingerprint density at radius 2 is 2.18 bits per heavy atom. The number of carboxylic acids is 1. The number of hydrogen-bond acceptors (Lipinski definition) is 3. The lowest BCUT2D eigenvalue weighted by molar-refractivity contribution is -0.136. The van der Waals surface area contributed by atoms with Crippen LogP contribution in [0.4, 0.5) is 0 Å². The Morgan fingerprint density at radius 3 is 2.64 bits per heavy atom. The minimum atomic E-state index is -0.809. The molecule has 0 aromatic rings. The summed E-state index contributed by atoms with van der Waals surface area (Å²) in [4.78, 5) is 14.8. The minimum Gasteiger partial charge on any atom is -0.481 e. The second kappa shape index (κ2) is 5.70. The SMILES string of the molecule is CCON=C(C)CCC(=O)O. The van der Waals surface area contributed by atoms with Crippen molar-refractivity contribution < 1.29 is 14.7 Å². The number of carboxylic acid groups (broad SMARTS) is 1. The van der Waals surface area contributed by atoms with Crippen LogP contribution >= 0.6 is 0 Å². The number of carbonyl (C=O) groups is 1. The van der Waals surface area contributed by atoms with Gasteiger partial charge in [-0.1, -0.05) is 5.16 Å². The average molecular weight is 159 g/mol. The van der Waals surface area contributed by atoms with E-state index < -0.39 is 5.97 Å². The van der Waals surface area contributed by atoms with Gasteiger partial charge in [-0.15, -0.1) is 0 Å². The standard InChI is InChI=1S/C7H13NO3/c1-3-11-8-6(2)4-5-7(9)10/h3-5H2,1-2H3,(H,9,10). The Hall–Kier alpha value is -1.06. The van der Waals surface area contributed by atoms with Crippen LogP contribution in [0, 0.1) is 0 Å². The van der Waals surface area contributed by atoms with Gasteiger partial charge < -0.3 is 9.94 Å². The van der Waals surface area contributed by atoms with E-state index in [1.165, 1.54) is 0 Å². The molecule has 1 N–H and O–H groups in total. The van der Waals surface area contributed by atoms with Crippen molar-refractivity contribution in [2.45, 2.75) is 26.7 Å². The van der Waals surface area contributed by atoms with Crippen LogP contribution in [0.1, 0.15) is 26.7 Å². The second-order valence-electron chi connectivity index (χ2n) is 2.14. The van der Waals surface area contributed by atoms with Gasteiger partial charge in [0, 0.05) is 0 Å². The van der Waals surface area contributed by atoms with Gasteiger partial charge in [0.25, 0.3) is 0 Å². The fourth-order valence-corrected chi connectivity index (χ4v) is 0.508. The molecule has 0 aliphatic carbocycles. The third-order valence-corrected chi connectivity index (χ3v) is 1.05. The van der Waals surface area contributed by atoms with Crippen LogP contribution in [0.15, 0.2) is 5.16 Å². The van der Waals surface area contributed by atoms with Crippen molar-refractivity contribution in [1.29, 1.82) is 0 Å². The molecule has 4 nitrogen and oxygen atoms in total. The highest BCUT2D eigenvalue weighted by Gasteiger charge is 1.98. The highest BCUT2D eigenvalue weighted by molar-refractivity contribution is 5.84. The zero-order chi connectivity index (χ0) is 8.69. The van der Waals surface area contributed by atoms with E-state index in [-0.39, 0.29) is 6.42 Å². The lowest BCUT2D eigenvalue weighted by Gasteiger charge is -1.96. The van der Waals surface area contributed by atoms with Gasteiger partial charge in [0.2, 0.25) is 0 Å². The van der Waals surface area contributed by atoms with Crippen molar-refractivity contribution in [3.05, 3.63) is 0 Å². The third-order valence-electron chi connectivity index (χ3n) is 1.05. The fourth-order valence-electron chi connectivity index (χ4n) is 0.508. The Kier molecular flexibility index (Phi) is 5.15. The lowest BCUT2D eigenvalue weighted by Crippen LogP contribution is -2.00. The summed E-state index contributed by atoms with van der Waals surface area (Å²) >= 11 is 0. The van der Waals surface area contributed by atoms with Gasteiger partial charge in [-0.3, -0.25) is 4.79 Å². The molecular weight excluding hydrogens is 146 g/mol. The van der Waals surface area contributed by atoms with Crippen LogP contribution in [0.3, 0.4) is 0 Å². The van der Waals surface area contributed by atoms with Crippen molar-refractivity contribution in [2.75, 3.05) is 6.61 Å². The van der Waals surface area contributed by atoms with Crippen LogP contribution in [-0.2, 0) is 9.63 Å². The summed E-state index contributed by atoms with van der Waals surface area (Å²) in [6, 6.07) is 0. The van der Waals surface area contributed by atoms with Crippen LogP contribution in [0.2, 0.25) is 0 Å². The first kappa shape index (κ1) is 9.94. The Balaban J connectivity index is 3.50. The molecule has 0 atom stereocenters. The van der Waals surface area contributed by atoms with Gasteiger partial charge in [0.1, 0.15) is 6.61 Å². The highest BCUT2D eigenvalue weighted by atomic mass is 16.6. The van der Waals surface area contributed by atoms with Gasteiger partial charge in [0.05, 0.1) is 12.1 Å². The molecule has 4 heteroatoms. The van der Waals surface area contributed by atoms with Gasteiger partial charge in [-0.25, -0.2) is 0 Å². The van der Waals surface area contributed by atoms with Crippen LogP contribution < -0.4 is 0 Å². The molecule has 0 aromatic carbocycles. The average Bonchev–Trinajstić information content (AvgIpc) is 1.97. The molecule has 64 valence electrons. The van der Waals surface area contributed by atoms with E-state index >= 15 is 0 Å². The molecule has 0 rings (SSSR count). The van der Waals surface area contributed by atoms with Crippen molar-refractivity contribution in [1.82, 2.24) is 0 Å². The molecular formula is C7H13NO3. The van der Waals surface area contributed by atoms with Crippen molar-refractivity contribution in [2.24, 2.45) is 5.16 Å². The smallest absolute Gasteiger partial charge is 0.303 e. The lowest BCUT2D eigenvalue weighted by atomic mass is 10.2.